The van der Waals surface area contributed by atoms with Gasteiger partial charge in [-0.25, -0.2) is 18.2 Å². The lowest BCUT2D eigenvalue weighted by Gasteiger charge is -2.04. The highest BCUT2D eigenvalue weighted by atomic mass is 19.3. The van der Waals surface area contributed by atoms with Gasteiger partial charge in [-0.3, -0.25) is 4.79 Å². The zero-order valence-corrected chi connectivity index (χ0v) is 6.30. The Kier molecular flexibility index (Phi) is 2.50. The molecule has 1 aromatic rings. The fraction of sp³-hybridized carbons (Fsp3) is 0.143. The molecule has 70 valence electrons. The van der Waals surface area contributed by atoms with Gasteiger partial charge in [0.05, 0.1) is 5.69 Å². The van der Waals surface area contributed by atoms with E-state index in [1.54, 1.807) is 0 Å². The Morgan fingerprint density at radius 3 is 2.62 bits per heavy atom. The largest absolute Gasteiger partial charge is 0.395 e. The molecule has 1 aromatic heterocycles. The number of aldehydes is 1. The minimum Gasteiger partial charge on any atom is -0.395 e. The van der Waals surface area contributed by atoms with Crippen molar-refractivity contribution in [3.8, 4) is 0 Å². The normalized spacial score (nSPS) is 10.5. The molecule has 0 unspecified atom stereocenters. The second kappa shape index (κ2) is 3.42. The fourth-order valence-corrected chi connectivity index (χ4v) is 0.788. The fourth-order valence-electron chi connectivity index (χ4n) is 0.788. The molecule has 0 spiro atoms. The van der Waals surface area contributed by atoms with Crippen LogP contribution in [0.2, 0.25) is 0 Å². The van der Waals surface area contributed by atoms with Crippen LogP contribution in [0.4, 0.5) is 18.9 Å². The molecule has 0 saturated heterocycles. The molecular weight excluding hydrogens is 185 g/mol. The van der Waals surface area contributed by atoms with Crippen molar-refractivity contribution in [3.05, 3.63) is 23.3 Å². The van der Waals surface area contributed by atoms with Crippen molar-refractivity contribution in [1.29, 1.82) is 0 Å². The number of aromatic nitrogens is 1. The molecule has 1 rings (SSSR count). The first kappa shape index (κ1) is 9.50. The number of anilines is 1. The summed E-state index contributed by atoms with van der Waals surface area (Å²) in [7, 11) is 0. The van der Waals surface area contributed by atoms with Gasteiger partial charge in [-0.05, 0) is 0 Å². The highest BCUT2D eigenvalue weighted by molar-refractivity contribution is 5.72. The maximum Gasteiger partial charge on any atom is 0.282 e. The van der Waals surface area contributed by atoms with Gasteiger partial charge in [0.15, 0.2) is 6.29 Å². The van der Waals surface area contributed by atoms with E-state index in [0.717, 1.165) is 0 Å². The number of pyridine rings is 1. The van der Waals surface area contributed by atoms with Crippen LogP contribution in [0.1, 0.15) is 22.6 Å². The number of nitrogen functional groups attached to an aromatic ring is 1. The van der Waals surface area contributed by atoms with Gasteiger partial charge >= 0.3 is 0 Å². The van der Waals surface area contributed by atoms with E-state index >= 15 is 0 Å². The lowest BCUT2D eigenvalue weighted by Crippen LogP contribution is -2.04. The van der Waals surface area contributed by atoms with Gasteiger partial charge in [0, 0.05) is 6.07 Å². The van der Waals surface area contributed by atoms with E-state index in [4.69, 9.17) is 5.73 Å². The second-order valence-electron chi connectivity index (χ2n) is 2.25. The van der Waals surface area contributed by atoms with Crippen LogP contribution in [-0.4, -0.2) is 11.3 Å². The first-order chi connectivity index (χ1) is 6.06. The summed E-state index contributed by atoms with van der Waals surface area (Å²) in [4.78, 5) is 13.3. The van der Waals surface area contributed by atoms with E-state index in [1.807, 2.05) is 0 Å². The monoisotopic (exact) mass is 190 g/mol. The Bertz CT molecular complexity index is 341. The second-order valence-corrected chi connectivity index (χ2v) is 2.25. The first-order valence-electron chi connectivity index (χ1n) is 3.25. The molecule has 2 N–H and O–H groups in total. The average Bonchev–Trinajstić information content (AvgIpc) is 2.09. The van der Waals surface area contributed by atoms with Crippen LogP contribution in [0.5, 0.6) is 0 Å². The minimum absolute atomic E-state index is 0.175. The minimum atomic E-state index is -2.99. The Morgan fingerprint density at radius 1 is 1.54 bits per heavy atom. The molecule has 0 atom stereocenters. The number of carbonyl (C=O) groups is 1. The molecule has 3 nitrogen and oxygen atoms in total. The van der Waals surface area contributed by atoms with Crippen molar-refractivity contribution < 1.29 is 18.0 Å². The predicted molar refractivity (Wildman–Crippen MR) is 39.0 cm³/mol. The number of nitrogens with two attached hydrogens (primary N) is 1. The molecule has 13 heavy (non-hydrogen) atoms. The number of alkyl halides is 2. The van der Waals surface area contributed by atoms with E-state index < -0.39 is 29.3 Å². The molecule has 0 aliphatic carbocycles. The summed E-state index contributed by atoms with van der Waals surface area (Å²) in [5, 5.41) is 0. The van der Waals surface area contributed by atoms with Gasteiger partial charge in [0.2, 0.25) is 0 Å². The third kappa shape index (κ3) is 1.77. The van der Waals surface area contributed by atoms with Crippen molar-refractivity contribution >= 4 is 12.0 Å². The molecule has 0 aliphatic rings. The molecule has 0 bridgehead atoms. The summed E-state index contributed by atoms with van der Waals surface area (Å²) in [6.07, 6.45) is -2.82. The molecular formula is C7H5F3N2O. The van der Waals surface area contributed by atoms with Gasteiger partial charge in [-0.1, -0.05) is 0 Å². The van der Waals surface area contributed by atoms with Crippen LogP contribution < -0.4 is 5.73 Å². The molecule has 6 heteroatoms. The standard InChI is InChI=1S/C7H5F3N2O/c8-4-1-3(2-13)12-6(5(4)11)7(9)10/h1-2,7H,11H2. The van der Waals surface area contributed by atoms with Gasteiger partial charge in [-0.15, -0.1) is 0 Å². The van der Waals surface area contributed by atoms with E-state index in [9.17, 15) is 18.0 Å². The molecule has 0 radical (unpaired) electrons. The predicted octanol–water partition coefficient (Wildman–Crippen LogP) is 1.55. The van der Waals surface area contributed by atoms with E-state index in [1.165, 1.54) is 0 Å². The smallest absolute Gasteiger partial charge is 0.282 e. The maximum absolute atomic E-state index is 12.7. The van der Waals surface area contributed by atoms with Crippen molar-refractivity contribution in [2.45, 2.75) is 6.43 Å². The van der Waals surface area contributed by atoms with Gasteiger partial charge in [-0.2, -0.15) is 0 Å². The van der Waals surface area contributed by atoms with Crippen molar-refractivity contribution in [1.82, 2.24) is 4.98 Å². The summed E-state index contributed by atoms with van der Waals surface area (Å²) in [5.74, 6) is -1.06. The Hall–Kier alpha value is -1.59. The zero-order valence-electron chi connectivity index (χ0n) is 6.30. The average molecular weight is 190 g/mol. The van der Waals surface area contributed by atoms with Crippen molar-refractivity contribution in [3.63, 3.8) is 0 Å². The van der Waals surface area contributed by atoms with E-state index in [2.05, 4.69) is 4.98 Å². The van der Waals surface area contributed by atoms with Gasteiger partial charge in [0.25, 0.3) is 6.43 Å². The lowest BCUT2D eigenvalue weighted by molar-refractivity contribution is 0.111. The highest BCUT2D eigenvalue weighted by Crippen LogP contribution is 2.24. The van der Waals surface area contributed by atoms with Crippen LogP contribution >= 0.6 is 0 Å². The summed E-state index contributed by atoms with van der Waals surface area (Å²) in [6.45, 7) is 0. The quantitative estimate of drug-likeness (QED) is 0.720. The SMILES string of the molecule is Nc1c(F)cc(C=O)nc1C(F)F. The summed E-state index contributed by atoms with van der Waals surface area (Å²) < 4.78 is 36.9. The number of hydrogen-bond acceptors (Lipinski definition) is 3. The van der Waals surface area contributed by atoms with Crippen LogP contribution in [0, 0.1) is 5.82 Å². The number of hydrogen-bond donors (Lipinski definition) is 1. The number of rotatable bonds is 2. The topological polar surface area (TPSA) is 56.0 Å². The molecule has 0 aromatic carbocycles. The lowest BCUT2D eigenvalue weighted by atomic mass is 10.2. The highest BCUT2D eigenvalue weighted by Gasteiger charge is 2.17. The summed E-state index contributed by atoms with van der Waals surface area (Å²) in [6, 6.07) is 0.703. The maximum atomic E-state index is 12.7. The van der Waals surface area contributed by atoms with Gasteiger partial charge < -0.3 is 5.73 Å². The Balaban J connectivity index is 3.32. The molecule has 0 fully saturated rings. The molecule has 0 amide bonds. The molecule has 0 saturated carbocycles. The van der Waals surface area contributed by atoms with E-state index in [0.29, 0.717) is 6.07 Å². The number of halogens is 3. The third-order valence-corrected chi connectivity index (χ3v) is 1.38. The Labute approximate surface area is 71.4 Å². The molecule has 0 aliphatic heterocycles. The van der Waals surface area contributed by atoms with Gasteiger partial charge in [0.1, 0.15) is 17.2 Å². The van der Waals surface area contributed by atoms with Crippen molar-refractivity contribution in [2.24, 2.45) is 0 Å². The number of nitrogens with zero attached hydrogens (tertiary/aromatic N) is 1. The Morgan fingerprint density at radius 2 is 2.15 bits per heavy atom. The van der Waals surface area contributed by atoms with Crippen LogP contribution in [0.25, 0.3) is 0 Å². The summed E-state index contributed by atoms with van der Waals surface area (Å²) in [5.41, 5.74) is 2.95. The van der Waals surface area contributed by atoms with Crippen molar-refractivity contribution in [2.75, 3.05) is 5.73 Å². The zero-order chi connectivity index (χ0) is 10.0. The third-order valence-electron chi connectivity index (χ3n) is 1.38. The number of carbonyl (C=O) groups excluding carboxylic acids is 1. The molecule has 1 heterocycles. The first-order valence-corrected chi connectivity index (χ1v) is 3.25. The van der Waals surface area contributed by atoms with E-state index in [-0.39, 0.29) is 6.29 Å². The van der Waals surface area contributed by atoms with Crippen LogP contribution in [0.3, 0.4) is 0 Å². The summed E-state index contributed by atoms with van der Waals surface area (Å²) >= 11 is 0. The van der Waals surface area contributed by atoms with Crippen LogP contribution in [0.15, 0.2) is 6.07 Å². The van der Waals surface area contributed by atoms with Crippen LogP contribution in [-0.2, 0) is 0 Å².